The lowest BCUT2D eigenvalue weighted by Crippen LogP contribution is -2.24. The van der Waals surface area contributed by atoms with Gasteiger partial charge < -0.3 is 14.5 Å². The summed E-state index contributed by atoms with van der Waals surface area (Å²) in [6.45, 7) is 2.84. The Balaban J connectivity index is 1.52. The van der Waals surface area contributed by atoms with Crippen molar-refractivity contribution in [2.45, 2.75) is 26.5 Å². The highest BCUT2D eigenvalue weighted by Crippen LogP contribution is 2.48. The molecule has 0 bridgehead atoms. The van der Waals surface area contributed by atoms with E-state index in [1.807, 2.05) is 6.92 Å². The normalized spacial score (nSPS) is 11.1. The summed E-state index contributed by atoms with van der Waals surface area (Å²) >= 11 is 36.2. The van der Waals surface area contributed by atoms with Gasteiger partial charge in [0.15, 0.2) is 11.5 Å². The van der Waals surface area contributed by atoms with Crippen molar-refractivity contribution in [1.29, 1.82) is 0 Å². The summed E-state index contributed by atoms with van der Waals surface area (Å²) in [5, 5.41) is 7.79. The van der Waals surface area contributed by atoms with Crippen LogP contribution in [0, 0.1) is 6.92 Å². The number of aryl methyl sites for hydroxylation is 2. The number of carbonyl (C=O) groups is 1. The van der Waals surface area contributed by atoms with Crippen LogP contribution in [0.5, 0.6) is 5.75 Å². The van der Waals surface area contributed by atoms with Crippen molar-refractivity contribution in [3.63, 3.8) is 0 Å². The SMILES string of the molecule is Cc1nn(CCCNC(=O)c2ccc(COc3c(Cl)c(Cl)c(Cl)c(Cl)c3Cl)o2)cc1Cl. The number of carbonyl (C=O) groups excluding carboxylic acids is 1. The fourth-order valence-corrected chi connectivity index (χ4v) is 3.95. The summed E-state index contributed by atoms with van der Waals surface area (Å²) in [7, 11) is 0. The topological polar surface area (TPSA) is 69.3 Å². The Kier molecular flexibility index (Phi) is 8.30. The van der Waals surface area contributed by atoms with Gasteiger partial charge in [0.25, 0.3) is 5.91 Å². The number of hydrogen-bond donors (Lipinski definition) is 1. The number of halogens is 6. The summed E-state index contributed by atoms with van der Waals surface area (Å²) < 4.78 is 12.8. The minimum atomic E-state index is -0.352. The molecular weight excluding hydrogens is 531 g/mol. The molecule has 0 spiro atoms. The van der Waals surface area contributed by atoms with Crippen LogP contribution in [-0.2, 0) is 13.2 Å². The Morgan fingerprint density at radius 2 is 1.71 bits per heavy atom. The number of nitrogens with zero attached hydrogens (tertiary/aromatic N) is 2. The van der Waals surface area contributed by atoms with Gasteiger partial charge in [0, 0.05) is 19.3 Å². The maximum absolute atomic E-state index is 12.3. The predicted octanol–water partition coefficient (Wildman–Crippen LogP) is 7.10. The van der Waals surface area contributed by atoms with Gasteiger partial charge in [-0.05, 0) is 25.5 Å². The fraction of sp³-hybridized carbons (Fsp3) is 0.263. The van der Waals surface area contributed by atoms with Crippen LogP contribution in [0.4, 0.5) is 0 Å². The molecule has 0 saturated carbocycles. The molecule has 1 amide bonds. The molecule has 31 heavy (non-hydrogen) atoms. The lowest BCUT2D eigenvalue weighted by molar-refractivity contribution is 0.0920. The molecule has 0 atom stereocenters. The number of amides is 1. The van der Waals surface area contributed by atoms with Gasteiger partial charge in [0.05, 0.1) is 25.8 Å². The monoisotopic (exact) mass is 543 g/mol. The number of hydrogen-bond acceptors (Lipinski definition) is 4. The fourth-order valence-electron chi connectivity index (χ4n) is 2.57. The predicted molar refractivity (Wildman–Crippen MR) is 123 cm³/mol. The summed E-state index contributed by atoms with van der Waals surface area (Å²) in [5.74, 6) is 0.232. The third kappa shape index (κ3) is 5.75. The van der Waals surface area contributed by atoms with Crippen LogP contribution in [0.25, 0.3) is 0 Å². The molecule has 3 aromatic rings. The molecule has 2 heterocycles. The minimum Gasteiger partial charge on any atom is -0.482 e. The van der Waals surface area contributed by atoms with Crippen molar-refractivity contribution in [2.75, 3.05) is 6.54 Å². The third-order valence-corrected chi connectivity index (χ3v) is 6.76. The lowest BCUT2D eigenvalue weighted by Gasteiger charge is -2.12. The molecule has 0 aliphatic rings. The largest absolute Gasteiger partial charge is 0.482 e. The molecule has 12 heteroatoms. The zero-order valence-corrected chi connectivity index (χ0v) is 20.5. The minimum absolute atomic E-state index is 0.0271. The molecule has 2 aromatic heterocycles. The van der Waals surface area contributed by atoms with E-state index in [0.717, 1.165) is 5.69 Å². The highest BCUT2D eigenvalue weighted by Gasteiger charge is 2.21. The Morgan fingerprint density at radius 1 is 1.06 bits per heavy atom. The van der Waals surface area contributed by atoms with Crippen LogP contribution < -0.4 is 10.1 Å². The van der Waals surface area contributed by atoms with Crippen molar-refractivity contribution in [3.05, 3.63) is 65.7 Å². The van der Waals surface area contributed by atoms with Crippen LogP contribution in [0.1, 0.15) is 28.4 Å². The van der Waals surface area contributed by atoms with Crippen molar-refractivity contribution in [1.82, 2.24) is 15.1 Å². The van der Waals surface area contributed by atoms with Gasteiger partial charge in [-0.1, -0.05) is 69.6 Å². The number of aromatic nitrogens is 2. The number of benzene rings is 1. The number of furan rings is 1. The van der Waals surface area contributed by atoms with Gasteiger partial charge in [-0.2, -0.15) is 5.10 Å². The van der Waals surface area contributed by atoms with Gasteiger partial charge in [-0.3, -0.25) is 9.48 Å². The van der Waals surface area contributed by atoms with Crippen LogP contribution >= 0.6 is 69.6 Å². The van der Waals surface area contributed by atoms with Crippen molar-refractivity contribution in [2.24, 2.45) is 0 Å². The van der Waals surface area contributed by atoms with Gasteiger partial charge in [-0.15, -0.1) is 0 Å². The van der Waals surface area contributed by atoms with Gasteiger partial charge in [0.1, 0.15) is 22.4 Å². The van der Waals surface area contributed by atoms with Crippen LogP contribution in [0.2, 0.25) is 30.1 Å². The Hall–Kier alpha value is -1.28. The van der Waals surface area contributed by atoms with Crippen molar-refractivity contribution in [3.8, 4) is 5.75 Å². The van der Waals surface area contributed by atoms with E-state index in [9.17, 15) is 4.79 Å². The second kappa shape index (κ2) is 10.6. The van der Waals surface area contributed by atoms with E-state index in [1.54, 1.807) is 16.9 Å². The van der Waals surface area contributed by atoms with Crippen LogP contribution in [0.15, 0.2) is 22.7 Å². The van der Waals surface area contributed by atoms with Crippen LogP contribution in [0.3, 0.4) is 0 Å². The number of rotatable bonds is 8. The second-order valence-corrected chi connectivity index (χ2v) is 8.69. The first-order valence-electron chi connectivity index (χ1n) is 8.89. The molecule has 0 fully saturated rings. The van der Waals surface area contributed by atoms with Crippen LogP contribution in [-0.4, -0.2) is 22.2 Å². The van der Waals surface area contributed by atoms with E-state index in [-0.39, 0.29) is 49.1 Å². The van der Waals surface area contributed by atoms with E-state index in [2.05, 4.69) is 10.4 Å². The second-order valence-electron chi connectivity index (χ2n) is 6.39. The first-order chi connectivity index (χ1) is 14.7. The summed E-state index contributed by atoms with van der Waals surface area (Å²) in [5.41, 5.74) is 0.766. The molecule has 166 valence electrons. The molecule has 1 N–H and O–H groups in total. The van der Waals surface area contributed by atoms with Crippen molar-refractivity contribution >= 4 is 75.5 Å². The standard InChI is InChI=1S/C19H15Cl6N3O3/c1-9-11(20)7-28(27-9)6-2-5-26-19(29)12-4-3-10(31-12)8-30-18-16(24)14(22)13(21)15(23)17(18)25/h3-4,7H,2,5-6,8H2,1H3,(H,26,29). The molecule has 6 nitrogen and oxygen atoms in total. The zero-order chi connectivity index (χ0) is 22.7. The Labute approximate surface area is 208 Å². The van der Waals surface area contributed by atoms with E-state index in [0.29, 0.717) is 30.3 Å². The number of ether oxygens (including phenoxy) is 1. The lowest BCUT2D eigenvalue weighted by atomic mass is 10.3. The van der Waals surface area contributed by atoms with E-state index < -0.39 is 0 Å². The molecular formula is C19H15Cl6N3O3. The van der Waals surface area contributed by atoms with Gasteiger partial charge >= 0.3 is 0 Å². The molecule has 0 aliphatic heterocycles. The summed E-state index contributed by atoms with van der Waals surface area (Å²) in [6.07, 6.45) is 2.42. The summed E-state index contributed by atoms with van der Waals surface area (Å²) in [6, 6.07) is 3.14. The smallest absolute Gasteiger partial charge is 0.286 e. The summed E-state index contributed by atoms with van der Waals surface area (Å²) in [4.78, 5) is 12.3. The van der Waals surface area contributed by atoms with Gasteiger partial charge in [-0.25, -0.2) is 0 Å². The molecule has 0 aliphatic carbocycles. The first-order valence-corrected chi connectivity index (χ1v) is 11.2. The maximum atomic E-state index is 12.3. The molecule has 0 unspecified atom stereocenters. The zero-order valence-electron chi connectivity index (χ0n) is 15.9. The third-order valence-electron chi connectivity index (χ3n) is 4.15. The van der Waals surface area contributed by atoms with E-state index in [1.165, 1.54) is 6.07 Å². The molecule has 3 rings (SSSR count). The molecule has 1 aromatic carbocycles. The van der Waals surface area contributed by atoms with E-state index in [4.69, 9.17) is 78.8 Å². The maximum Gasteiger partial charge on any atom is 0.286 e. The Morgan fingerprint density at radius 3 is 2.32 bits per heavy atom. The number of nitrogens with one attached hydrogen (secondary N) is 1. The molecule has 0 saturated heterocycles. The molecule has 0 radical (unpaired) electrons. The highest BCUT2D eigenvalue weighted by molar-refractivity contribution is 6.55. The average Bonchev–Trinajstić information content (AvgIpc) is 3.34. The average molecular weight is 546 g/mol. The van der Waals surface area contributed by atoms with Gasteiger partial charge in [0.2, 0.25) is 0 Å². The quantitative estimate of drug-likeness (QED) is 0.186. The Bertz CT molecular complexity index is 1060. The van der Waals surface area contributed by atoms with E-state index >= 15 is 0 Å². The van der Waals surface area contributed by atoms with Crippen molar-refractivity contribution < 1.29 is 13.9 Å². The first kappa shape index (κ1) is 24.4. The highest BCUT2D eigenvalue weighted by atomic mass is 35.5.